The zero-order valence-electron chi connectivity index (χ0n) is 28.2. The molecule has 3 aromatic rings. The van der Waals surface area contributed by atoms with E-state index in [9.17, 15) is 24.0 Å². The SMILES string of the molecule is CC(C)C[C@@H]1NC(=O)[C@@H](C)NC(=O)[C@@H](NC(=O)c2cnn(Cc3ccccc3)c2)Cc2ccc(cc2)OCCNC(=O)[C@H]2CCCN2C1=O. The lowest BCUT2D eigenvalue weighted by Crippen LogP contribution is -2.58. The van der Waals surface area contributed by atoms with Crippen molar-refractivity contribution in [1.29, 1.82) is 0 Å². The molecular formula is C36H45N7O6. The average Bonchev–Trinajstić information content (AvgIpc) is 3.77. The Morgan fingerprint density at radius 1 is 1.00 bits per heavy atom. The predicted molar refractivity (Wildman–Crippen MR) is 181 cm³/mol. The second kappa shape index (κ2) is 16.3. The minimum absolute atomic E-state index is 0.0689. The normalized spacial score (nSPS) is 22.5. The maximum atomic E-state index is 13.7. The van der Waals surface area contributed by atoms with Gasteiger partial charge in [-0.25, -0.2) is 0 Å². The molecule has 3 aliphatic heterocycles. The second-order valence-electron chi connectivity index (χ2n) is 13.0. The monoisotopic (exact) mass is 671 g/mol. The zero-order valence-corrected chi connectivity index (χ0v) is 28.2. The summed E-state index contributed by atoms with van der Waals surface area (Å²) in [5.41, 5.74) is 2.05. The topological polar surface area (TPSA) is 164 Å². The Kier molecular flexibility index (Phi) is 11.7. The number of nitrogens with one attached hydrogen (secondary N) is 4. The number of nitrogens with zero attached hydrogens (tertiary/aromatic N) is 3. The number of benzene rings is 2. The van der Waals surface area contributed by atoms with E-state index in [1.165, 1.54) is 18.0 Å². The molecule has 2 bridgehead atoms. The van der Waals surface area contributed by atoms with Gasteiger partial charge in [-0.3, -0.25) is 28.7 Å². The number of carbonyl (C=O) groups excluding carboxylic acids is 5. The van der Waals surface area contributed by atoms with Gasteiger partial charge in [0.2, 0.25) is 23.6 Å². The van der Waals surface area contributed by atoms with Crippen LogP contribution in [-0.2, 0) is 32.1 Å². The highest BCUT2D eigenvalue weighted by Gasteiger charge is 2.38. The maximum absolute atomic E-state index is 13.7. The standard InChI is InChI=1S/C36H45N7O6/c1-23(2)18-30-36(48)43-16-7-10-31(43)35(47)37-15-17-49-28-13-11-25(12-14-28)19-29(34(46)39-24(3)32(44)41-30)40-33(45)27-20-38-42(22-27)21-26-8-5-4-6-9-26/h4-6,8-9,11-14,20,22-24,29-31H,7,10,15-19,21H2,1-3H3,(H,37,47)(H,39,46)(H,40,45)(H,41,44)/t24-,29+,30+,31-/m1/s1. The van der Waals surface area contributed by atoms with Gasteiger partial charge >= 0.3 is 0 Å². The molecule has 1 saturated heterocycles. The number of aromatic nitrogens is 2. The number of carbonyl (C=O) groups is 5. The molecule has 1 fully saturated rings. The molecule has 2 aromatic carbocycles. The summed E-state index contributed by atoms with van der Waals surface area (Å²) in [6.07, 6.45) is 4.75. The first-order chi connectivity index (χ1) is 23.6. The molecule has 13 nitrogen and oxygen atoms in total. The molecule has 3 aliphatic rings. The Morgan fingerprint density at radius 2 is 1.76 bits per heavy atom. The highest BCUT2D eigenvalue weighted by molar-refractivity contribution is 5.99. The molecule has 4 atom stereocenters. The molecule has 49 heavy (non-hydrogen) atoms. The minimum Gasteiger partial charge on any atom is -0.492 e. The van der Waals surface area contributed by atoms with Crippen molar-refractivity contribution in [3.63, 3.8) is 0 Å². The fourth-order valence-corrected chi connectivity index (χ4v) is 6.08. The summed E-state index contributed by atoms with van der Waals surface area (Å²) in [7, 11) is 0. The summed E-state index contributed by atoms with van der Waals surface area (Å²) >= 11 is 0. The highest BCUT2D eigenvalue weighted by Crippen LogP contribution is 2.21. The van der Waals surface area contributed by atoms with E-state index in [0.717, 1.165) is 11.1 Å². The van der Waals surface area contributed by atoms with Gasteiger partial charge in [-0.05, 0) is 55.4 Å². The molecule has 0 aliphatic carbocycles. The molecule has 0 saturated carbocycles. The van der Waals surface area contributed by atoms with Crippen LogP contribution in [0.3, 0.4) is 0 Å². The van der Waals surface area contributed by atoms with E-state index in [4.69, 9.17) is 4.74 Å². The number of amides is 5. The summed E-state index contributed by atoms with van der Waals surface area (Å²) < 4.78 is 7.47. The molecule has 0 unspecified atom stereocenters. The molecular weight excluding hydrogens is 626 g/mol. The highest BCUT2D eigenvalue weighted by atomic mass is 16.5. The van der Waals surface area contributed by atoms with E-state index in [1.54, 1.807) is 35.1 Å². The molecule has 1 aromatic heterocycles. The van der Waals surface area contributed by atoms with Crippen molar-refractivity contribution >= 4 is 29.5 Å². The van der Waals surface area contributed by atoms with Gasteiger partial charge in [-0.15, -0.1) is 0 Å². The van der Waals surface area contributed by atoms with Crippen LogP contribution in [0.5, 0.6) is 5.75 Å². The van der Waals surface area contributed by atoms with Crippen LogP contribution in [0.15, 0.2) is 67.0 Å². The van der Waals surface area contributed by atoms with Crippen molar-refractivity contribution in [2.75, 3.05) is 19.7 Å². The van der Waals surface area contributed by atoms with Crippen molar-refractivity contribution < 1.29 is 28.7 Å². The van der Waals surface area contributed by atoms with E-state index in [1.807, 2.05) is 44.2 Å². The maximum Gasteiger partial charge on any atom is 0.255 e. The fraction of sp³-hybridized carbons (Fsp3) is 0.444. The van der Waals surface area contributed by atoms with Gasteiger partial charge in [-0.1, -0.05) is 56.3 Å². The molecule has 0 spiro atoms. The number of ether oxygens (including phenoxy) is 1. The van der Waals surface area contributed by atoms with Crippen molar-refractivity contribution in [2.45, 2.75) is 77.2 Å². The van der Waals surface area contributed by atoms with E-state index in [0.29, 0.717) is 38.1 Å². The number of fused-ring (bicyclic) bond motifs is 14. The molecule has 6 rings (SSSR count). The third kappa shape index (κ3) is 9.46. The Hall–Kier alpha value is -5.20. The lowest BCUT2D eigenvalue weighted by atomic mass is 10.0. The number of rotatable bonds is 6. The summed E-state index contributed by atoms with van der Waals surface area (Å²) in [6, 6.07) is 13.2. The van der Waals surface area contributed by atoms with Gasteiger partial charge in [0.05, 0.1) is 24.8 Å². The van der Waals surface area contributed by atoms with E-state index < -0.39 is 41.9 Å². The van der Waals surface area contributed by atoms with E-state index in [2.05, 4.69) is 26.4 Å². The van der Waals surface area contributed by atoms with Gasteiger partial charge in [-0.2, -0.15) is 5.10 Å². The number of hydrogen-bond donors (Lipinski definition) is 4. The predicted octanol–water partition coefficient (Wildman–Crippen LogP) is 1.81. The molecule has 4 N–H and O–H groups in total. The lowest BCUT2D eigenvalue weighted by Gasteiger charge is -2.30. The van der Waals surface area contributed by atoms with Gasteiger partial charge < -0.3 is 30.9 Å². The Labute approximate surface area is 286 Å². The molecule has 260 valence electrons. The van der Waals surface area contributed by atoms with Crippen LogP contribution in [0.4, 0.5) is 0 Å². The van der Waals surface area contributed by atoms with Gasteiger partial charge in [0.25, 0.3) is 5.91 Å². The molecule has 4 heterocycles. The Bertz CT molecular complexity index is 1620. The van der Waals surface area contributed by atoms with Crippen LogP contribution in [0.25, 0.3) is 0 Å². The molecule has 13 heteroatoms. The average molecular weight is 672 g/mol. The van der Waals surface area contributed by atoms with Gasteiger partial charge in [0, 0.05) is 19.2 Å². The van der Waals surface area contributed by atoms with Crippen LogP contribution in [0.2, 0.25) is 0 Å². The van der Waals surface area contributed by atoms with Gasteiger partial charge in [0.15, 0.2) is 0 Å². The van der Waals surface area contributed by atoms with Gasteiger partial charge in [0.1, 0.15) is 36.5 Å². The Morgan fingerprint density at radius 3 is 2.49 bits per heavy atom. The Balaban J connectivity index is 1.36. The minimum atomic E-state index is -1.04. The third-order valence-electron chi connectivity index (χ3n) is 8.65. The summed E-state index contributed by atoms with van der Waals surface area (Å²) in [6.45, 7) is 6.77. The molecule has 5 amide bonds. The second-order valence-corrected chi connectivity index (χ2v) is 13.0. The summed E-state index contributed by atoms with van der Waals surface area (Å²) in [4.78, 5) is 68.9. The van der Waals surface area contributed by atoms with Crippen LogP contribution in [0.1, 0.15) is 61.5 Å². The van der Waals surface area contributed by atoms with Crippen LogP contribution in [-0.4, -0.2) is 88.1 Å². The quantitative estimate of drug-likeness (QED) is 0.311. The zero-order chi connectivity index (χ0) is 34.9. The van der Waals surface area contributed by atoms with Crippen molar-refractivity contribution in [2.24, 2.45) is 5.92 Å². The van der Waals surface area contributed by atoms with Crippen LogP contribution >= 0.6 is 0 Å². The smallest absolute Gasteiger partial charge is 0.255 e. The largest absolute Gasteiger partial charge is 0.492 e. The van der Waals surface area contributed by atoms with Crippen LogP contribution < -0.4 is 26.0 Å². The first-order valence-electron chi connectivity index (χ1n) is 16.8. The summed E-state index contributed by atoms with van der Waals surface area (Å²) in [5.74, 6) is -1.55. The number of hydrogen-bond acceptors (Lipinski definition) is 7. The fourth-order valence-electron chi connectivity index (χ4n) is 6.08. The first-order valence-corrected chi connectivity index (χ1v) is 16.8. The lowest BCUT2D eigenvalue weighted by molar-refractivity contribution is -0.142. The van der Waals surface area contributed by atoms with Crippen LogP contribution in [0, 0.1) is 5.92 Å². The van der Waals surface area contributed by atoms with Crippen molar-refractivity contribution in [1.82, 2.24) is 35.9 Å². The van der Waals surface area contributed by atoms with E-state index >= 15 is 0 Å². The molecule has 0 radical (unpaired) electrons. The third-order valence-corrected chi connectivity index (χ3v) is 8.65. The summed E-state index contributed by atoms with van der Waals surface area (Å²) in [5, 5.41) is 15.6. The van der Waals surface area contributed by atoms with Crippen molar-refractivity contribution in [3.8, 4) is 5.75 Å². The van der Waals surface area contributed by atoms with E-state index in [-0.39, 0.29) is 42.9 Å². The first kappa shape index (κ1) is 35.1. The van der Waals surface area contributed by atoms with Crippen molar-refractivity contribution in [3.05, 3.63) is 83.7 Å².